The molecule has 1 aromatic carbocycles. The fraction of sp³-hybridized carbons (Fsp3) is 0.500. The van der Waals surface area contributed by atoms with Gasteiger partial charge in [0.1, 0.15) is 0 Å². The molecule has 0 saturated heterocycles. The van der Waals surface area contributed by atoms with Crippen molar-refractivity contribution in [3.05, 3.63) is 34.9 Å². The fourth-order valence-electron chi connectivity index (χ4n) is 2.45. The molecule has 0 heterocycles. The number of carbonyl (C=O) groups excluding carboxylic acids is 1. The summed E-state index contributed by atoms with van der Waals surface area (Å²) in [6.45, 7) is 0.175. The minimum atomic E-state index is -0.785. The van der Waals surface area contributed by atoms with Crippen LogP contribution in [0.3, 0.4) is 0 Å². The Kier molecular flexibility index (Phi) is 4.80. The highest BCUT2D eigenvalue weighted by Crippen LogP contribution is 2.25. The molecule has 1 fully saturated rings. The first-order valence-electron chi connectivity index (χ1n) is 6.53. The summed E-state index contributed by atoms with van der Waals surface area (Å²) < 4.78 is 0. The zero-order valence-corrected chi connectivity index (χ0v) is 11.4. The van der Waals surface area contributed by atoms with Gasteiger partial charge < -0.3 is 16.2 Å². The van der Waals surface area contributed by atoms with E-state index in [4.69, 9.17) is 17.3 Å². The SMILES string of the molecule is NC1CCC(C(=O)NCC(O)c2ccccc2Cl)C1. The topological polar surface area (TPSA) is 75.4 Å². The van der Waals surface area contributed by atoms with Gasteiger partial charge in [-0.1, -0.05) is 29.8 Å². The first-order valence-corrected chi connectivity index (χ1v) is 6.91. The number of rotatable bonds is 4. The van der Waals surface area contributed by atoms with Gasteiger partial charge in [0.15, 0.2) is 0 Å². The molecule has 3 unspecified atom stereocenters. The average molecular weight is 283 g/mol. The molecule has 19 heavy (non-hydrogen) atoms. The molecule has 0 spiro atoms. The van der Waals surface area contributed by atoms with Gasteiger partial charge in [0.2, 0.25) is 5.91 Å². The molecule has 0 aromatic heterocycles. The van der Waals surface area contributed by atoms with Crippen molar-refractivity contribution in [1.29, 1.82) is 0 Å². The van der Waals surface area contributed by atoms with Crippen molar-refractivity contribution in [3.63, 3.8) is 0 Å². The Morgan fingerprint density at radius 1 is 1.47 bits per heavy atom. The molecular formula is C14H19ClN2O2. The Morgan fingerprint density at radius 2 is 2.21 bits per heavy atom. The third kappa shape index (κ3) is 3.69. The number of aliphatic hydroxyl groups excluding tert-OH is 1. The summed E-state index contributed by atoms with van der Waals surface area (Å²) in [5.74, 6) is -0.0486. The lowest BCUT2D eigenvalue weighted by Gasteiger charge is -2.15. The Bertz CT molecular complexity index is 453. The summed E-state index contributed by atoms with van der Waals surface area (Å²) in [4.78, 5) is 11.9. The number of hydrogen-bond donors (Lipinski definition) is 3. The van der Waals surface area contributed by atoms with E-state index in [9.17, 15) is 9.90 Å². The zero-order valence-electron chi connectivity index (χ0n) is 10.7. The van der Waals surface area contributed by atoms with Crippen LogP contribution in [0.5, 0.6) is 0 Å². The molecule has 5 heteroatoms. The molecule has 4 N–H and O–H groups in total. The second-order valence-corrected chi connectivity index (χ2v) is 5.46. The second-order valence-electron chi connectivity index (χ2n) is 5.05. The Hall–Kier alpha value is -1.10. The van der Waals surface area contributed by atoms with Crippen molar-refractivity contribution in [2.75, 3.05) is 6.54 Å². The lowest BCUT2D eigenvalue weighted by molar-refractivity contribution is -0.125. The van der Waals surface area contributed by atoms with E-state index in [0.29, 0.717) is 10.6 Å². The van der Waals surface area contributed by atoms with Crippen LogP contribution in [0.15, 0.2) is 24.3 Å². The van der Waals surface area contributed by atoms with Gasteiger partial charge >= 0.3 is 0 Å². The molecule has 1 saturated carbocycles. The smallest absolute Gasteiger partial charge is 0.223 e. The van der Waals surface area contributed by atoms with Gasteiger partial charge in [0.05, 0.1) is 6.10 Å². The number of carbonyl (C=O) groups is 1. The normalized spacial score (nSPS) is 24.2. The highest BCUT2D eigenvalue weighted by atomic mass is 35.5. The molecule has 3 atom stereocenters. The fourth-order valence-corrected chi connectivity index (χ4v) is 2.71. The molecule has 1 aliphatic carbocycles. The molecular weight excluding hydrogens is 264 g/mol. The van der Waals surface area contributed by atoms with Gasteiger partial charge in [-0.15, -0.1) is 0 Å². The van der Waals surface area contributed by atoms with E-state index < -0.39 is 6.10 Å². The zero-order chi connectivity index (χ0) is 13.8. The van der Waals surface area contributed by atoms with Gasteiger partial charge in [-0.3, -0.25) is 4.79 Å². The molecule has 1 amide bonds. The van der Waals surface area contributed by atoms with Crippen LogP contribution >= 0.6 is 11.6 Å². The summed E-state index contributed by atoms with van der Waals surface area (Å²) in [6, 6.07) is 7.21. The van der Waals surface area contributed by atoms with E-state index in [2.05, 4.69) is 5.32 Å². The van der Waals surface area contributed by atoms with Crippen LogP contribution in [0.1, 0.15) is 30.9 Å². The van der Waals surface area contributed by atoms with Crippen molar-refractivity contribution in [1.82, 2.24) is 5.32 Å². The Labute approximate surface area is 117 Å². The van der Waals surface area contributed by atoms with Gasteiger partial charge in [-0.25, -0.2) is 0 Å². The van der Waals surface area contributed by atoms with Gasteiger partial charge in [0, 0.05) is 29.1 Å². The van der Waals surface area contributed by atoms with Crippen LogP contribution in [0.2, 0.25) is 5.02 Å². The molecule has 104 valence electrons. The van der Waals surface area contributed by atoms with Crippen LogP contribution in [-0.4, -0.2) is 23.6 Å². The minimum Gasteiger partial charge on any atom is -0.387 e. The van der Waals surface area contributed by atoms with E-state index in [0.717, 1.165) is 19.3 Å². The third-order valence-electron chi connectivity index (χ3n) is 3.58. The largest absolute Gasteiger partial charge is 0.387 e. The van der Waals surface area contributed by atoms with Crippen molar-refractivity contribution in [2.45, 2.75) is 31.4 Å². The number of nitrogens with one attached hydrogen (secondary N) is 1. The minimum absolute atomic E-state index is 0.0200. The van der Waals surface area contributed by atoms with Gasteiger partial charge in [-0.2, -0.15) is 0 Å². The standard InChI is InChI=1S/C14H19ClN2O2/c15-12-4-2-1-3-11(12)13(18)8-17-14(19)9-5-6-10(16)7-9/h1-4,9-10,13,18H,5-8,16H2,(H,17,19). The summed E-state index contributed by atoms with van der Waals surface area (Å²) >= 11 is 5.99. The lowest BCUT2D eigenvalue weighted by atomic mass is 10.1. The first-order chi connectivity index (χ1) is 9.08. The van der Waals surface area contributed by atoms with E-state index >= 15 is 0 Å². The quantitative estimate of drug-likeness (QED) is 0.785. The lowest BCUT2D eigenvalue weighted by Crippen LogP contribution is -2.33. The summed E-state index contributed by atoms with van der Waals surface area (Å²) in [7, 11) is 0. The summed E-state index contributed by atoms with van der Waals surface area (Å²) in [5, 5.41) is 13.3. The van der Waals surface area contributed by atoms with Crippen molar-refractivity contribution >= 4 is 17.5 Å². The van der Waals surface area contributed by atoms with Crippen molar-refractivity contribution in [3.8, 4) is 0 Å². The predicted molar refractivity (Wildman–Crippen MR) is 74.7 cm³/mol. The number of nitrogens with two attached hydrogens (primary N) is 1. The molecule has 2 rings (SSSR count). The number of aliphatic hydroxyl groups is 1. The number of hydrogen-bond acceptors (Lipinski definition) is 3. The van der Waals surface area contributed by atoms with E-state index in [1.807, 2.05) is 6.07 Å². The van der Waals surface area contributed by atoms with Crippen LogP contribution < -0.4 is 11.1 Å². The maximum Gasteiger partial charge on any atom is 0.223 e. The monoisotopic (exact) mass is 282 g/mol. The second kappa shape index (κ2) is 6.37. The number of amides is 1. The van der Waals surface area contributed by atoms with Crippen LogP contribution in [-0.2, 0) is 4.79 Å². The average Bonchev–Trinajstić information content (AvgIpc) is 2.83. The van der Waals surface area contributed by atoms with E-state index in [1.54, 1.807) is 18.2 Å². The number of benzene rings is 1. The summed E-state index contributed by atoms with van der Waals surface area (Å²) in [5.41, 5.74) is 6.41. The van der Waals surface area contributed by atoms with Crippen LogP contribution in [0, 0.1) is 5.92 Å². The molecule has 1 aromatic rings. The Morgan fingerprint density at radius 3 is 2.84 bits per heavy atom. The van der Waals surface area contributed by atoms with Gasteiger partial charge in [0.25, 0.3) is 0 Å². The third-order valence-corrected chi connectivity index (χ3v) is 3.92. The first kappa shape index (κ1) is 14.3. The van der Waals surface area contributed by atoms with Crippen LogP contribution in [0.25, 0.3) is 0 Å². The van der Waals surface area contributed by atoms with Crippen molar-refractivity contribution in [2.24, 2.45) is 11.7 Å². The highest BCUT2D eigenvalue weighted by Gasteiger charge is 2.27. The maximum atomic E-state index is 11.9. The van der Waals surface area contributed by atoms with Crippen LogP contribution in [0.4, 0.5) is 0 Å². The molecule has 0 bridgehead atoms. The van der Waals surface area contributed by atoms with E-state index in [1.165, 1.54) is 0 Å². The molecule has 4 nitrogen and oxygen atoms in total. The molecule has 0 radical (unpaired) electrons. The molecule has 0 aliphatic heterocycles. The van der Waals surface area contributed by atoms with E-state index in [-0.39, 0.29) is 24.4 Å². The molecule has 1 aliphatic rings. The predicted octanol–water partition coefficient (Wildman–Crippen LogP) is 1.62. The van der Waals surface area contributed by atoms with Gasteiger partial charge in [-0.05, 0) is 25.3 Å². The number of halogens is 1. The maximum absolute atomic E-state index is 11.9. The Balaban J connectivity index is 1.85. The van der Waals surface area contributed by atoms with Crippen molar-refractivity contribution < 1.29 is 9.90 Å². The summed E-state index contributed by atoms with van der Waals surface area (Å²) in [6.07, 6.45) is 1.67. The highest BCUT2D eigenvalue weighted by molar-refractivity contribution is 6.31.